The molecule has 0 aliphatic heterocycles. The van der Waals surface area contributed by atoms with Crippen LogP contribution in [0.3, 0.4) is 0 Å². The van der Waals surface area contributed by atoms with E-state index in [1.807, 2.05) is 60.7 Å². The van der Waals surface area contributed by atoms with E-state index in [-0.39, 0.29) is 12.2 Å². The van der Waals surface area contributed by atoms with Gasteiger partial charge in [-0.15, -0.1) is 0 Å². The minimum Gasteiger partial charge on any atom is -0.444 e. The zero-order valence-electron chi connectivity index (χ0n) is 15.0. The highest BCUT2D eigenvalue weighted by atomic mass is 16.6. The van der Waals surface area contributed by atoms with Crippen LogP contribution in [-0.4, -0.2) is 23.5 Å². The molecule has 1 N–H and O–H groups in total. The number of ether oxygens (including phenoxy) is 1. The van der Waals surface area contributed by atoms with Gasteiger partial charge in [0.15, 0.2) is 5.78 Å². The van der Waals surface area contributed by atoms with Crippen molar-refractivity contribution in [3.63, 3.8) is 0 Å². The van der Waals surface area contributed by atoms with E-state index < -0.39 is 17.7 Å². The third-order valence-corrected chi connectivity index (χ3v) is 3.58. The summed E-state index contributed by atoms with van der Waals surface area (Å²) in [6.45, 7) is 5.39. The van der Waals surface area contributed by atoms with Gasteiger partial charge in [-0.25, -0.2) is 4.79 Å². The van der Waals surface area contributed by atoms with E-state index in [1.54, 1.807) is 20.8 Å². The lowest BCUT2D eigenvalue weighted by Crippen LogP contribution is -2.45. The summed E-state index contributed by atoms with van der Waals surface area (Å²) in [5.74, 6) is -0.0408. The molecule has 0 heterocycles. The summed E-state index contributed by atoms with van der Waals surface area (Å²) < 4.78 is 5.30. The molecule has 0 saturated heterocycles. The number of ketones is 1. The van der Waals surface area contributed by atoms with Crippen molar-refractivity contribution in [1.29, 1.82) is 0 Å². The van der Waals surface area contributed by atoms with E-state index >= 15 is 0 Å². The van der Waals surface area contributed by atoms with Gasteiger partial charge >= 0.3 is 6.09 Å². The summed E-state index contributed by atoms with van der Waals surface area (Å²) in [5.41, 5.74) is 1.31. The Morgan fingerprint density at radius 2 is 1.44 bits per heavy atom. The second kappa shape index (κ2) is 8.47. The fraction of sp³-hybridized carbons (Fsp3) is 0.333. The lowest BCUT2D eigenvalue weighted by Gasteiger charge is -2.23. The number of hydrogen-bond donors (Lipinski definition) is 1. The zero-order valence-corrected chi connectivity index (χ0v) is 15.0. The minimum atomic E-state index is -0.627. The molecule has 2 aromatic carbocycles. The molecule has 1 atom stereocenters. The van der Waals surface area contributed by atoms with Crippen LogP contribution in [0, 0.1) is 0 Å². The lowest BCUT2D eigenvalue weighted by atomic mass is 9.98. The van der Waals surface area contributed by atoms with Gasteiger partial charge in [0.25, 0.3) is 0 Å². The molecule has 4 nitrogen and oxygen atoms in total. The Morgan fingerprint density at radius 1 is 0.920 bits per heavy atom. The topological polar surface area (TPSA) is 55.4 Å². The van der Waals surface area contributed by atoms with Crippen LogP contribution in [0.4, 0.5) is 4.79 Å². The first-order valence-electron chi connectivity index (χ1n) is 8.43. The van der Waals surface area contributed by atoms with Crippen molar-refractivity contribution < 1.29 is 14.3 Å². The van der Waals surface area contributed by atoms with Gasteiger partial charge in [0.1, 0.15) is 5.60 Å². The quantitative estimate of drug-likeness (QED) is 0.867. The van der Waals surface area contributed by atoms with Gasteiger partial charge in [0.05, 0.1) is 6.04 Å². The van der Waals surface area contributed by atoms with E-state index in [2.05, 4.69) is 5.32 Å². The van der Waals surface area contributed by atoms with Crippen LogP contribution in [0.1, 0.15) is 31.9 Å². The largest absolute Gasteiger partial charge is 0.444 e. The number of nitrogens with one attached hydrogen (secondary N) is 1. The molecule has 4 heteroatoms. The molecule has 0 aliphatic carbocycles. The summed E-state index contributed by atoms with van der Waals surface area (Å²) >= 11 is 0. The maximum atomic E-state index is 12.7. The molecule has 0 aromatic heterocycles. The van der Waals surface area contributed by atoms with Crippen molar-refractivity contribution >= 4 is 11.9 Å². The van der Waals surface area contributed by atoms with E-state index in [4.69, 9.17) is 4.74 Å². The van der Waals surface area contributed by atoms with Crippen molar-refractivity contribution in [1.82, 2.24) is 5.32 Å². The standard InChI is InChI=1S/C21H25NO3/c1-21(2,3)25-20(24)22-18(14-16-10-6-4-7-11-16)19(23)15-17-12-8-5-9-13-17/h4-13,18H,14-15H2,1-3H3,(H,22,24)/t18-/m0/s1. The Bertz CT molecular complexity index is 690. The molecule has 2 rings (SSSR count). The van der Waals surface area contributed by atoms with Crippen molar-refractivity contribution in [2.24, 2.45) is 0 Å². The predicted octanol–water partition coefficient (Wildman–Crippen LogP) is 3.93. The van der Waals surface area contributed by atoms with Gasteiger partial charge in [-0.05, 0) is 38.3 Å². The fourth-order valence-corrected chi connectivity index (χ4v) is 2.47. The lowest BCUT2D eigenvalue weighted by molar-refractivity contribution is -0.120. The normalized spacial score (nSPS) is 12.3. The molecule has 0 saturated carbocycles. The van der Waals surface area contributed by atoms with Crippen molar-refractivity contribution in [2.45, 2.75) is 45.3 Å². The monoisotopic (exact) mass is 339 g/mol. The maximum absolute atomic E-state index is 12.7. The molecule has 25 heavy (non-hydrogen) atoms. The highest BCUT2D eigenvalue weighted by Gasteiger charge is 2.24. The summed E-state index contributed by atoms with van der Waals surface area (Å²) in [7, 11) is 0. The van der Waals surface area contributed by atoms with Gasteiger partial charge in [0, 0.05) is 6.42 Å². The number of carbonyl (C=O) groups is 2. The van der Waals surface area contributed by atoms with E-state index in [9.17, 15) is 9.59 Å². The second-order valence-electron chi connectivity index (χ2n) is 7.02. The Morgan fingerprint density at radius 3 is 1.96 bits per heavy atom. The van der Waals surface area contributed by atoms with Gasteiger partial charge in [-0.3, -0.25) is 4.79 Å². The number of amides is 1. The van der Waals surface area contributed by atoms with Crippen LogP contribution in [-0.2, 0) is 22.4 Å². The predicted molar refractivity (Wildman–Crippen MR) is 98.5 cm³/mol. The van der Waals surface area contributed by atoms with Crippen molar-refractivity contribution in [3.05, 3.63) is 71.8 Å². The molecular weight excluding hydrogens is 314 g/mol. The van der Waals surface area contributed by atoms with E-state index in [1.165, 1.54) is 0 Å². The summed E-state index contributed by atoms with van der Waals surface area (Å²) in [4.78, 5) is 24.9. The third kappa shape index (κ3) is 6.79. The van der Waals surface area contributed by atoms with Crippen LogP contribution < -0.4 is 5.32 Å². The molecule has 2 aromatic rings. The van der Waals surface area contributed by atoms with Crippen molar-refractivity contribution in [2.75, 3.05) is 0 Å². The van der Waals surface area contributed by atoms with E-state index in [0.717, 1.165) is 11.1 Å². The average Bonchev–Trinajstić information content (AvgIpc) is 2.54. The highest BCUT2D eigenvalue weighted by molar-refractivity contribution is 5.89. The zero-order chi connectivity index (χ0) is 18.3. The van der Waals surface area contributed by atoms with E-state index in [0.29, 0.717) is 6.42 Å². The molecule has 0 fully saturated rings. The van der Waals surface area contributed by atoms with Crippen molar-refractivity contribution in [3.8, 4) is 0 Å². The fourth-order valence-electron chi connectivity index (χ4n) is 2.47. The van der Waals surface area contributed by atoms with Crippen LogP contribution in [0.15, 0.2) is 60.7 Å². The molecule has 1 amide bonds. The average molecular weight is 339 g/mol. The van der Waals surface area contributed by atoms with Gasteiger partial charge in [0.2, 0.25) is 0 Å². The maximum Gasteiger partial charge on any atom is 0.408 e. The van der Waals surface area contributed by atoms with Gasteiger partial charge in [-0.2, -0.15) is 0 Å². The van der Waals surface area contributed by atoms with Crippen LogP contribution >= 0.6 is 0 Å². The molecule has 132 valence electrons. The Labute approximate surface area is 149 Å². The Balaban J connectivity index is 2.10. The number of benzene rings is 2. The number of alkyl carbamates (subject to hydrolysis) is 1. The highest BCUT2D eigenvalue weighted by Crippen LogP contribution is 2.11. The first kappa shape index (κ1) is 18.7. The summed E-state index contributed by atoms with van der Waals surface area (Å²) in [5, 5.41) is 2.73. The SMILES string of the molecule is CC(C)(C)OC(=O)N[C@@H](Cc1ccccc1)C(=O)Cc1ccccc1. The minimum absolute atomic E-state index is 0.0408. The Hall–Kier alpha value is -2.62. The molecule has 0 unspecified atom stereocenters. The smallest absolute Gasteiger partial charge is 0.408 e. The Kier molecular flexibility index (Phi) is 6.34. The molecule has 0 spiro atoms. The summed E-state index contributed by atoms with van der Waals surface area (Å²) in [6, 6.07) is 18.5. The number of carbonyl (C=O) groups excluding carboxylic acids is 2. The van der Waals surface area contributed by atoms with Gasteiger partial charge in [-0.1, -0.05) is 60.7 Å². The molecular formula is C21H25NO3. The number of rotatable bonds is 6. The van der Waals surface area contributed by atoms with Crippen LogP contribution in [0.25, 0.3) is 0 Å². The molecule has 0 radical (unpaired) electrons. The molecule has 0 aliphatic rings. The molecule has 0 bridgehead atoms. The second-order valence-corrected chi connectivity index (χ2v) is 7.02. The summed E-state index contributed by atoms with van der Waals surface area (Å²) in [6.07, 6.45) is 0.134. The number of Topliss-reactive ketones (excluding diaryl/α,β-unsaturated/α-hetero) is 1. The first-order valence-corrected chi connectivity index (χ1v) is 8.43. The first-order chi connectivity index (χ1) is 11.8. The number of hydrogen-bond acceptors (Lipinski definition) is 3. The van der Waals surface area contributed by atoms with Crippen LogP contribution in [0.2, 0.25) is 0 Å². The van der Waals surface area contributed by atoms with Crippen LogP contribution in [0.5, 0.6) is 0 Å². The third-order valence-electron chi connectivity index (χ3n) is 3.58. The van der Waals surface area contributed by atoms with Gasteiger partial charge < -0.3 is 10.1 Å².